The molecule has 0 saturated carbocycles. The Morgan fingerprint density at radius 1 is 0.804 bits per heavy atom. The lowest BCUT2D eigenvalue weighted by Gasteiger charge is -2.36. The quantitative estimate of drug-likeness (QED) is 0.179. The molecule has 1 N–H and O–H groups in total. The summed E-state index contributed by atoms with van der Waals surface area (Å²) < 4.78 is 47.3. The van der Waals surface area contributed by atoms with Crippen LogP contribution in [0.5, 0.6) is 11.5 Å². The molecule has 1 aliphatic heterocycles. The van der Waals surface area contributed by atoms with E-state index in [1.165, 1.54) is 11.1 Å². The highest BCUT2D eigenvalue weighted by atomic mass is 35.5. The van der Waals surface area contributed by atoms with Crippen LogP contribution in [0.3, 0.4) is 0 Å². The minimum atomic E-state index is -4.24. The number of piperazine rings is 1. The van der Waals surface area contributed by atoms with Crippen LogP contribution in [-0.4, -0.2) is 45.4 Å². The first kappa shape index (κ1) is 31.3. The van der Waals surface area contributed by atoms with Gasteiger partial charge in [-0.25, -0.2) is 17.5 Å². The topological polar surface area (TPSA) is 79.0 Å². The fourth-order valence-electron chi connectivity index (χ4n) is 5.42. The molecule has 1 amide bonds. The summed E-state index contributed by atoms with van der Waals surface area (Å²) in [5, 5.41) is 0.707. The lowest BCUT2D eigenvalue weighted by atomic mass is 9.99. The van der Waals surface area contributed by atoms with Crippen molar-refractivity contribution in [1.82, 2.24) is 9.62 Å². The molecule has 46 heavy (non-hydrogen) atoms. The molecule has 7 nitrogen and oxygen atoms in total. The smallest absolute Gasteiger partial charge is 0.268 e. The number of nitrogens with zero attached hydrogens (tertiary/aromatic N) is 2. The second-order valence-corrected chi connectivity index (χ2v) is 13.0. The Balaban J connectivity index is 1.18. The SMILES string of the molecule is O=C(NS(=O)(=O)c1ccc(F)cc1)c1ccc(N2CCN(Cc3ccccc3-c3ccc(Cl)cc3)CC2)cc1Oc1ccccc1. The summed E-state index contributed by atoms with van der Waals surface area (Å²) in [5.41, 5.74) is 4.45. The molecule has 1 heterocycles. The van der Waals surface area contributed by atoms with Crippen molar-refractivity contribution in [2.45, 2.75) is 11.4 Å². The molecule has 0 spiro atoms. The van der Waals surface area contributed by atoms with E-state index in [2.05, 4.69) is 32.7 Å². The van der Waals surface area contributed by atoms with Gasteiger partial charge in [-0.2, -0.15) is 0 Å². The van der Waals surface area contributed by atoms with E-state index < -0.39 is 21.7 Å². The minimum Gasteiger partial charge on any atom is -0.456 e. The van der Waals surface area contributed by atoms with Crippen molar-refractivity contribution < 1.29 is 22.3 Å². The van der Waals surface area contributed by atoms with Crippen molar-refractivity contribution in [1.29, 1.82) is 0 Å². The maximum Gasteiger partial charge on any atom is 0.268 e. The molecule has 10 heteroatoms. The number of rotatable bonds is 9. The lowest BCUT2D eigenvalue weighted by molar-refractivity contribution is 0.0979. The maximum atomic E-state index is 13.4. The molecule has 234 valence electrons. The van der Waals surface area contributed by atoms with Crippen LogP contribution in [0, 0.1) is 5.82 Å². The number of benzene rings is 5. The molecule has 5 aromatic rings. The van der Waals surface area contributed by atoms with Gasteiger partial charge >= 0.3 is 0 Å². The van der Waals surface area contributed by atoms with Crippen molar-refractivity contribution in [2.24, 2.45) is 0 Å². The largest absolute Gasteiger partial charge is 0.456 e. The second-order valence-electron chi connectivity index (χ2n) is 10.9. The minimum absolute atomic E-state index is 0.0516. The number of carbonyl (C=O) groups excluding carboxylic acids is 1. The van der Waals surface area contributed by atoms with E-state index >= 15 is 0 Å². The molecular weight excluding hydrogens is 625 g/mol. The Kier molecular flexibility index (Phi) is 9.35. The molecule has 1 aliphatic rings. The predicted molar refractivity (Wildman–Crippen MR) is 178 cm³/mol. The van der Waals surface area contributed by atoms with Gasteiger partial charge < -0.3 is 9.64 Å². The summed E-state index contributed by atoms with van der Waals surface area (Å²) in [6.45, 7) is 3.94. The van der Waals surface area contributed by atoms with Gasteiger partial charge in [0.15, 0.2) is 0 Å². The molecule has 0 unspecified atom stereocenters. The Labute approximate surface area is 272 Å². The third-order valence-corrected chi connectivity index (χ3v) is 9.43. The van der Waals surface area contributed by atoms with Gasteiger partial charge in [-0.05, 0) is 77.4 Å². The number of hydrogen-bond acceptors (Lipinski definition) is 6. The number of amides is 1. The summed E-state index contributed by atoms with van der Waals surface area (Å²) in [6.07, 6.45) is 0. The van der Waals surface area contributed by atoms with Gasteiger partial charge in [0.2, 0.25) is 0 Å². The van der Waals surface area contributed by atoms with Crippen LogP contribution in [0.4, 0.5) is 10.1 Å². The van der Waals surface area contributed by atoms with E-state index in [0.29, 0.717) is 10.8 Å². The fraction of sp³-hybridized carbons (Fsp3) is 0.139. The number of halogens is 2. The number of sulfonamides is 1. The molecule has 0 bridgehead atoms. The fourth-order valence-corrected chi connectivity index (χ4v) is 6.51. The molecular formula is C36H31ClFN3O4S. The van der Waals surface area contributed by atoms with Gasteiger partial charge in [0.25, 0.3) is 15.9 Å². The van der Waals surface area contributed by atoms with Crippen molar-refractivity contribution in [3.63, 3.8) is 0 Å². The van der Waals surface area contributed by atoms with E-state index in [1.54, 1.807) is 30.3 Å². The first-order valence-electron chi connectivity index (χ1n) is 14.8. The lowest BCUT2D eigenvalue weighted by Crippen LogP contribution is -2.46. The van der Waals surface area contributed by atoms with Crippen LogP contribution in [0.15, 0.2) is 126 Å². The maximum absolute atomic E-state index is 13.4. The Morgan fingerprint density at radius 3 is 2.20 bits per heavy atom. The molecule has 1 fully saturated rings. The van der Waals surface area contributed by atoms with Crippen LogP contribution >= 0.6 is 11.6 Å². The first-order chi connectivity index (χ1) is 22.2. The van der Waals surface area contributed by atoms with Gasteiger partial charge in [0, 0.05) is 49.5 Å². The molecule has 6 rings (SSSR count). The second kappa shape index (κ2) is 13.7. The van der Waals surface area contributed by atoms with Crippen molar-refractivity contribution in [3.05, 3.63) is 143 Å². The van der Waals surface area contributed by atoms with E-state index in [4.69, 9.17) is 16.3 Å². The average molecular weight is 656 g/mol. The van der Waals surface area contributed by atoms with E-state index in [0.717, 1.165) is 68.2 Å². The third-order valence-electron chi connectivity index (χ3n) is 7.84. The van der Waals surface area contributed by atoms with Crippen LogP contribution in [0.1, 0.15) is 15.9 Å². The van der Waals surface area contributed by atoms with Gasteiger partial charge in [-0.15, -0.1) is 0 Å². The summed E-state index contributed by atoms with van der Waals surface area (Å²) in [7, 11) is -4.24. The van der Waals surface area contributed by atoms with E-state index in [-0.39, 0.29) is 16.2 Å². The zero-order chi connectivity index (χ0) is 32.1. The summed E-state index contributed by atoms with van der Waals surface area (Å²) in [4.78, 5) is 17.7. The van der Waals surface area contributed by atoms with E-state index in [1.807, 2.05) is 48.5 Å². The van der Waals surface area contributed by atoms with Gasteiger partial charge in [-0.1, -0.05) is 66.2 Å². The highest BCUT2D eigenvalue weighted by Crippen LogP contribution is 2.32. The molecule has 0 aliphatic carbocycles. The molecule has 0 radical (unpaired) electrons. The monoisotopic (exact) mass is 655 g/mol. The normalized spacial score (nSPS) is 13.7. The number of hydrogen-bond donors (Lipinski definition) is 1. The van der Waals surface area contributed by atoms with Crippen molar-refractivity contribution >= 4 is 33.2 Å². The van der Waals surface area contributed by atoms with Gasteiger partial charge in [0.1, 0.15) is 17.3 Å². The van der Waals surface area contributed by atoms with Crippen molar-refractivity contribution in [2.75, 3.05) is 31.1 Å². The number of anilines is 1. The first-order valence-corrected chi connectivity index (χ1v) is 16.6. The van der Waals surface area contributed by atoms with Gasteiger partial charge in [-0.3, -0.25) is 9.69 Å². The molecule has 5 aromatic carbocycles. The highest BCUT2D eigenvalue weighted by molar-refractivity contribution is 7.90. The number of ether oxygens (including phenoxy) is 1. The Hall–Kier alpha value is -4.70. The number of nitrogens with one attached hydrogen (secondary N) is 1. The van der Waals surface area contributed by atoms with Crippen LogP contribution < -0.4 is 14.4 Å². The molecule has 0 aromatic heterocycles. The third kappa shape index (κ3) is 7.39. The summed E-state index contributed by atoms with van der Waals surface area (Å²) >= 11 is 6.11. The standard InChI is InChI=1S/C36H31ClFN3O4S/c37-28-12-10-26(11-13-28)33-9-5-4-6-27(33)25-40-20-22-41(23-21-40)30-16-19-34(35(24-30)45-31-7-2-1-3-8-31)36(42)39-46(43,44)32-17-14-29(38)15-18-32/h1-19,24H,20-23,25H2,(H,39,42). The Morgan fingerprint density at radius 2 is 1.48 bits per heavy atom. The number of carbonyl (C=O) groups is 1. The van der Waals surface area contributed by atoms with E-state index in [9.17, 15) is 17.6 Å². The van der Waals surface area contributed by atoms with Crippen molar-refractivity contribution in [3.8, 4) is 22.6 Å². The Bertz CT molecular complexity index is 1930. The zero-order valence-electron chi connectivity index (χ0n) is 24.8. The summed E-state index contributed by atoms with van der Waals surface area (Å²) in [6, 6.07) is 34.6. The predicted octanol–water partition coefficient (Wildman–Crippen LogP) is 7.38. The average Bonchev–Trinajstić information content (AvgIpc) is 3.06. The van der Waals surface area contributed by atoms with Gasteiger partial charge in [0.05, 0.1) is 10.5 Å². The number of para-hydroxylation sites is 1. The van der Waals surface area contributed by atoms with Crippen LogP contribution in [-0.2, 0) is 16.6 Å². The highest BCUT2D eigenvalue weighted by Gasteiger charge is 2.24. The van der Waals surface area contributed by atoms with Crippen LogP contribution in [0.2, 0.25) is 5.02 Å². The molecule has 1 saturated heterocycles. The van der Waals surface area contributed by atoms with Crippen LogP contribution in [0.25, 0.3) is 11.1 Å². The zero-order valence-corrected chi connectivity index (χ0v) is 26.3. The summed E-state index contributed by atoms with van der Waals surface area (Å²) in [5.74, 6) is -0.719. The molecule has 0 atom stereocenters.